The van der Waals surface area contributed by atoms with Crippen LogP contribution in [-0.2, 0) is 14.3 Å². The summed E-state index contributed by atoms with van der Waals surface area (Å²) in [5, 5.41) is 0. The van der Waals surface area contributed by atoms with Gasteiger partial charge < -0.3 is 0 Å². The van der Waals surface area contributed by atoms with E-state index < -0.39 is 18.2 Å². The number of rotatable bonds is 4. The van der Waals surface area contributed by atoms with Crippen molar-refractivity contribution in [3.8, 4) is 11.5 Å². The van der Waals surface area contributed by atoms with E-state index in [1.165, 1.54) is 0 Å². The number of hydrogen-bond acceptors (Lipinski definition) is 3. The highest BCUT2D eigenvalue weighted by Gasteiger charge is 2.14. The van der Waals surface area contributed by atoms with Crippen LogP contribution in [0.3, 0.4) is 0 Å². The van der Waals surface area contributed by atoms with E-state index in [2.05, 4.69) is 31.1 Å². The first-order valence-corrected chi connectivity index (χ1v) is 11.1. The molecule has 1 rings (SSSR count). The predicted molar refractivity (Wildman–Crippen MR) is 80.1 cm³/mol. The summed E-state index contributed by atoms with van der Waals surface area (Å²) in [6, 6.07) is 6.61. The van der Waals surface area contributed by atoms with E-state index >= 15 is 0 Å². The molecule has 0 saturated heterocycles. The maximum Gasteiger partial charge on any atom is 0.297 e. The van der Waals surface area contributed by atoms with Crippen molar-refractivity contribution < 1.29 is 12.6 Å². The molecule has 1 aromatic carbocycles. The summed E-state index contributed by atoms with van der Waals surface area (Å²) in [7, 11) is -5.04. The minimum absolute atomic E-state index is 0.105. The highest BCUT2D eigenvalue weighted by Crippen LogP contribution is 2.13. The minimum Gasteiger partial charge on any atom is -0.265 e. The second-order valence-corrected chi connectivity index (χ2v) is 11.8. The molecule has 0 aliphatic rings. The van der Waals surface area contributed by atoms with E-state index in [-0.39, 0.29) is 11.5 Å². The Balaban J connectivity index is 2.57. The minimum atomic E-state index is -3.65. The van der Waals surface area contributed by atoms with Crippen LogP contribution in [0.4, 0.5) is 0 Å². The van der Waals surface area contributed by atoms with E-state index in [1.807, 2.05) is 6.92 Å². The molecule has 1 aromatic rings. The summed E-state index contributed by atoms with van der Waals surface area (Å²) >= 11 is 0. The predicted octanol–water partition coefficient (Wildman–Crippen LogP) is 2.97. The first kappa shape index (κ1) is 16.0. The van der Waals surface area contributed by atoms with Crippen LogP contribution in [0.1, 0.15) is 12.0 Å². The van der Waals surface area contributed by atoms with Crippen molar-refractivity contribution in [1.82, 2.24) is 0 Å². The van der Waals surface area contributed by atoms with Gasteiger partial charge in [-0.25, -0.2) is 0 Å². The van der Waals surface area contributed by atoms with E-state index in [0.717, 1.165) is 5.56 Å². The van der Waals surface area contributed by atoms with Gasteiger partial charge in [-0.1, -0.05) is 37.3 Å². The van der Waals surface area contributed by atoms with Crippen LogP contribution < -0.4 is 0 Å². The SMILES string of the molecule is Cc1ccc(S(=O)(=O)OCCC#C[Si](C)(C)C)cc1. The van der Waals surface area contributed by atoms with Gasteiger partial charge in [0.1, 0.15) is 8.07 Å². The zero-order valence-corrected chi connectivity index (χ0v) is 13.7. The summed E-state index contributed by atoms with van der Waals surface area (Å²) in [6.45, 7) is 8.44. The monoisotopic (exact) mass is 296 g/mol. The molecule has 3 nitrogen and oxygen atoms in total. The molecule has 0 fully saturated rings. The van der Waals surface area contributed by atoms with Crippen LogP contribution in [0.25, 0.3) is 0 Å². The van der Waals surface area contributed by atoms with E-state index in [9.17, 15) is 8.42 Å². The normalized spacial score (nSPS) is 11.8. The molecule has 0 aliphatic carbocycles. The third-order valence-electron chi connectivity index (χ3n) is 2.24. The molecule has 0 spiro atoms. The molecule has 0 aliphatic heterocycles. The van der Waals surface area contributed by atoms with Crippen LogP contribution in [0.5, 0.6) is 0 Å². The molecule has 0 amide bonds. The Kier molecular flexibility index (Phi) is 5.35. The molecule has 5 heteroatoms. The molecule has 0 N–H and O–H groups in total. The molecule has 0 atom stereocenters. The lowest BCUT2D eigenvalue weighted by molar-refractivity contribution is 0.326. The largest absolute Gasteiger partial charge is 0.297 e. The Hall–Kier alpha value is -1.09. The summed E-state index contributed by atoms with van der Waals surface area (Å²) in [6.07, 6.45) is 0.440. The van der Waals surface area contributed by atoms with E-state index in [0.29, 0.717) is 6.42 Å². The molecule has 104 valence electrons. The first-order chi connectivity index (χ1) is 8.71. The third-order valence-corrected chi connectivity index (χ3v) is 4.49. The maximum absolute atomic E-state index is 11.8. The van der Waals surface area contributed by atoms with Crippen molar-refractivity contribution in [3.63, 3.8) is 0 Å². The molecule has 0 unspecified atom stereocenters. The Morgan fingerprint density at radius 3 is 2.26 bits per heavy atom. The van der Waals surface area contributed by atoms with Gasteiger partial charge in [-0.05, 0) is 19.1 Å². The second kappa shape index (κ2) is 6.37. The van der Waals surface area contributed by atoms with Crippen LogP contribution in [-0.4, -0.2) is 23.1 Å². The van der Waals surface area contributed by atoms with E-state index in [1.54, 1.807) is 24.3 Å². The maximum atomic E-state index is 11.8. The van der Waals surface area contributed by atoms with Crippen LogP contribution >= 0.6 is 0 Å². The summed E-state index contributed by atoms with van der Waals surface area (Å²) in [5.74, 6) is 2.98. The van der Waals surface area contributed by atoms with Crippen molar-refractivity contribution in [2.75, 3.05) is 6.61 Å². The first-order valence-electron chi connectivity index (χ1n) is 6.17. The zero-order chi connectivity index (χ0) is 14.5. The summed E-state index contributed by atoms with van der Waals surface area (Å²) < 4.78 is 28.6. The Morgan fingerprint density at radius 1 is 1.16 bits per heavy atom. The fourth-order valence-electron chi connectivity index (χ4n) is 1.30. The lowest BCUT2D eigenvalue weighted by Gasteiger charge is -2.05. The quantitative estimate of drug-likeness (QED) is 0.371. The molecule has 0 bridgehead atoms. The average molecular weight is 296 g/mol. The van der Waals surface area contributed by atoms with Crippen molar-refractivity contribution in [2.24, 2.45) is 0 Å². The highest BCUT2D eigenvalue weighted by atomic mass is 32.2. The van der Waals surface area contributed by atoms with Gasteiger partial charge in [-0.2, -0.15) is 8.42 Å². The number of hydrogen-bond donors (Lipinski definition) is 0. The highest BCUT2D eigenvalue weighted by molar-refractivity contribution is 7.86. The molecule has 0 aromatic heterocycles. The van der Waals surface area contributed by atoms with Crippen LogP contribution in [0.2, 0.25) is 19.6 Å². The van der Waals surface area contributed by atoms with Crippen molar-refractivity contribution in [2.45, 2.75) is 37.9 Å². The lowest BCUT2D eigenvalue weighted by Crippen LogP contribution is -2.16. The van der Waals surface area contributed by atoms with Gasteiger partial charge in [0.15, 0.2) is 0 Å². The van der Waals surface area contributed by atoms with Gasteiger partial charge in [-0.3, -0.25) is 4.18 Å². The summed E-state index contributed by atoms with van der Waals surface area (Å²) in [5.41, 5.74) is 4.18. The molecule has 19 heavy (non-hydrogen) atoms. The summed E-state index contributed by atoms with van der Waals surface area (Å²) in [4.78, 5) is 0.191. The topological polar surface area (TPSA) is 43.4 Å². The van der Waals surface area contributed by atoms with Gasteiger partial charge >= 0.3 is 0 Å². The van der Waals surface area contributed by atoms with Gasteiger partial charge in [0, 0.05) is 6.42 Å². The fraction of sp³-hybridized carbons (Fsp3) is 0.429. The molecular weight excluding hydrogens is 276 g/mol. The molecule has 0 radical (unpaired) electrons. The third kappa shape index (κ3) is 6.06. The number of benzene rings is 1. The van der Waals surface area contributed by atoms with E-state index in [4.69, 9.17) is 4.18 Å². The Bertz CT molecular complexity index is 572. The standard InChI is InChI=1S/C14H20O3SSi/c1-13-7-9-14(10-8-13)18(15,16)17-11-5-6-12-19(2,3)4/h7-10H,5,11H2,1-4H3. The van der Waals surface area contributed by atoms with Crippen molar-refractivity contribution >= 4 is 18.2 Å². The van der Waals surface area contributed by atoms with Crippen molar-refractivity contribution in [1.29, 1.82) is 0 Å². The molecule has 0 heterocycles. The Labute approximate surface area is 117 Å². The van der Waals surface area contributed by atoms with Gasteiger partial charge in [0.2, 0.25) is 0 Å². The Morgan fingerprint density at radius 2 is 1.74 bits per heavy atom. The van der Waals surface area contributed by atoms with Gasteiger partial charge in [0.25, 0.3) is 10.1 Å². The fourth-order valence-corrected chi connectivity index (χ4v) is 2.87. The van der Waals surface area contributed by atoms with Crippen LogP contribution in [0.15, 0.2) is 29.2 Å². The van der Waals surface area contributed by atoms with Gasteiger partial charge in [-0.15, -0.1) is 11.5 Å². The zero-order valence-electron chi connectivity index (χ0n) is 11.9. The average Bonchev–Trinajstić information content (AvgIpc) is 2.27. The molecule has 0 saturated carbocycles. The van der Waals surface area contributed by atoms with Crippen molar-refractivity contribution in [3.05, 3.63) is 29.8 Å². The number of aryl methyl sites for hydroxylation is 1. The smallest absolute Gasteiger partial charge is 0.265 e. The molecular formula is C14H20O3SSi. The van der Waals surface area contributed by atoms with Gasteiger partial charge in [0.05, 0.1) is 11.5 Å². The lowest BCUT2D eigenvalue weighted by atomic mass is 10.2. The second-order valence-electron chi connectivity index (χ2n) is 5.39. The van der Waals surface area contributed by atoms with Crippen LogP contribution in [0, 0.1) is 18.4 Å².